The molecule has 0 saturated carbocycles. The van der Waals surface area contributed by atoms with Gasteiger partial charge in [0, 0.05) is 30.9 Å². The van der Waals surface area contributed by atoms with Gasteiger partial charge in [0.2, 0.25) is 5.91 Å². The first-order valence-corrected chi connectivity index (χ1v) is 11.3. The van der Waals surface area contributed by atoms with Crippen LogP contribution < -0.4 is 10.6 Å². The summed E-state index contributed by atoms with van der Waals surface area (Å²) in [5.41, 5.74) is 1.75. The molecule has 0 radical (unpaired) electrons. The Bertz CT molecular complexity index is 1180. The van der Waals surface area contributed by atoms with Crippen molar-refractivity contribution in [3.8, 4) is 0 Å². The fourth-order valence-electron chi connectivity index (χ4n) is 4.06. The molecule has 34 heavy (non-hydrogen) atoms. The highest BCUT2D eigenvalue weighted by Gasteiger charge is 2.29. The van der Waals surface area contributed by atoms with E-state index in [1.54, 1.807) is 35.2 Å². The summed E-state index contributed by atoms with van der Waals surface area (Å²) in [7, 11) is 0. The molecule has 4 rings (SSSR count). The summed E-state index contributed by atoms with van der Waals surface area (Å²) in [5, 5.41) is 5.61. The van der Waals surface area contributed by atoms with E-state index in [1.807, 2.05) is 30.3 Å². The summed E-state index contributed by atoms with van der Waals surface area (Å²) in [6.07, 6.45) is 1.46. The number of nitrogens with one attached hydrogen (secondary N) is 2. The third kappa shape index (κ3) is 5.67. The van der Waals surface area contributed by atoms with Crippen LogP contribution in [0.1, 0.15) is 39.1 Å². The molecule has 1 atom stereocenters. The predicted octanol–water partition coefficient (Wildman–Crippen LogP) is 4.25. The van der Waals surface area contributed by atoms with Crippen LogP contribution in [-0.4, -0.2) is 35.7 Å². The zero-order valence-electron chi connectivity index (χ0n) is 18.7. The van der Waals surface area contributed by atoms with Gasteiger partial charge in [-0.3, -0.25) is 14.4 Å². The van der Waals surface area contributed by atoms with Gasteiger partial charge >= 0.3 is 0 Å². The van der Waals surface area contributed by atoms with E-state index >= 15 is 0 Å². The molecule has 1 aliphatic rings. The van der Waals surface area contributed by atoms with Gasteiger partial charge in [-0.2, -0.15) is 0 Å². The number of rotatable bonds is 6. The van der Waals surface area contributed by atoms with Gasteiger partial charge in [0.05, 0.1) is 11.5 Å². The Labute approximate surface area is 197 Å². The summed E-state index contributed by atoms with van der Waals surface area (Å²) in [6, 6.07) is 21.9. The summed E-state index contributed by atoms with van der Waals surface area (Å²) in [4.78, 5) is 39.9. The highest BCUT2D eigenvalue weighted by Crippen LogP contribution is 2.21. The van der Waals surface area contributed by atoms with Gasteiger partial charge in [0.15, 0.2) is 0 Å². The normalized spacial score (nSPS) is 15.4. The monoisotopic (exact) mass is 459 g/mol. The lowest BCUT2D eigenvalue weighted by molar-refractivity contribution is -0.126. The predicted molar refractivity (Wildman–Crippen MR) is 128 cm³/mol. The van der Waals surface area contributed by atoms with Crippen LogP contribution in [0.2, 0.25) is 0 Å². The number of piperidine rings is 1. The number of hydrogen-bond acceptors (Lipinski definition) is 3. The number of carbonyl (C=O) groups excluding carboxylic acids is 3. The zero-order chi connectivity index (χ0) is 23.9. The van der Waals surface area contributed by atoms with Crippen LogP contribution in [0.4, 0.5) is 10.1 Å². The van der Waals surface area contributed by atoms with Crippen molar-refractivity contribution in [2.24, 2.45) is 5.92 Å². The van der Waals surface area contributed by atoms with Gasteiger partial charge in [-0.05, 0) is 48.7 Å². The maximum atomic E-state index is 13.9. The summed E-state index contributed by atoms with van der Waals surface area (Å²) < 4.78 is 13.9. The molecule has 0 spiro atoms. The molecular weight excluding hydrogens is 433 g/mol. The van der Waals surface area contributed by atoms with E-state index in [2.05, 4.69) is 10.6 Å². The van der Waals surface area contributed by atoms with Gasteiger partial charge in [-0.1, -0.05) is 48.5 Å². The van der Waals surface area contributed by atoms with Crippen LogP contribution in [-0.2, 0) is 11.3 Å². The minimum Gasteiger partial charge on any atom is -0.352 e. The van der Waals surface area contributed by atoms with Crippen LogP contribution in [0.5, 0.6) is 0 Å². The maximum absolute atomic E-state index is 13.9. The van der Waals surface area contributed by atoms with Gasteiger partial charge in [-0.25, -0.2) is 4.39 Å². The van der Waals surface area contributed by atoms with E-state index in [4.69, 9.17) is 0 Å². The topological polar surface area (TPSA) is 78.5 Å². The van der Waals surface area contributed by atoms with Gasteiger partial charge in [-0.15, -0.1) is 0 Å². The number of benzene rings is 3. The lowest BCUT2D eigenvalue weighted by Crippen LogP contribution is -2.45. The number of hydrogen-bond donors (Lipinski definition) is 2. The van der Waals surface area contributed by atoms with E-state index in [0.29, 0.717) is 30.9 Å². The third-order valence-electron chi connectivity index (χ3n) is 5.87. The Morgan fingerprint density at radius 1 is 0.941 bits per heavy atom. The second kappa shape index (κ2) is 10.7. The Hall–Kier alpha value is -4.00. The molecule has 7 heteroatoms. The van der Waals surface area contributed by atoms with Crippen molar-refractivity contribution in [1.82, 2.24) is 10.2 Å². The van der Waals surface area contributed by atoms with E-state index in [0.717, 1.165) is 18.4 Å². The van der Waals surface area contributed by atoms with Gasteiger partial charge < -0.3 is 15.5 Å². The van der Waals surface area contributed by atoms with Crippen LogP contribution in [0.3, 0.4) is 0 Å². The lowest BCUT2D eigenvalue weighted by atomic mass is 9.96. The zero-order valence-corrected chi connectivity index (χ0v) is 18.7. The molecule has 2 N–H and O–H groups in total. The molecular formula is C27H26FN3O3. The summed E-state index contributed by atoms with van der Waals surface area (Å²) in [6.45, 7) is 1.35. The molecule has 1 heterocycles. The van der Waals surface area contributed by atoms with Crippen molar-refractivity contribution in [1.29, 1.82) is 0 Å². The van der Waals surface area contributed by atoms with E-state index in [-0.39, 0.29) is 23.3 Å². The van der Waals surface area contributed by atoms with Crippen molar-refractivity contribution in [3.05, 3.63) is 101 Å². The number of carbonyl (C=O) groups is 3. The van der Waals surface area contributed by atoms with E-state index in [9.17, 15) is 18.8 Å². The van der Waals surface area contributed by atoms with Crippen molar-refractivity contribution in [3.63, 3.8) is 0 Å². The van der Waals surface area contributed by atoms with Gasteiger partial charge in [0.1, 0.15) is 5.82 Å². The highest BCUT2D eigenvalue weighted by molar-refractivity contribution is 6.05. The molecule has 0 bridgehead atoms. The molecule has 174 valence electrons. The quantitative estimate of drug-likeness (QED) is 0.579. The third-order valence-corrected chi connectivity index (χ3v) is 5.87. The van der Waals surface area contributed by atoms with Crippen LogP contribution in [0.25, 0.3) is 0 Å². The van der Waals surface area contributed by atoms with Crippen LogP contribution in [0.15, 0.2) is 78.9 Å². The minimum atomic E-state index is -0.614. The maximum Gasteiger partial charge on any atom is 0.258 e. The molecule has 6 nitrogen and oxygen atoms in total. The molecule has 0 aromatic heterocycles. The molecule has 1 saturated heterocycles. The Kier molecular flexibility index (Phi) is 7.32. The van der Waals surface area contributed by atoms with E-state index in [1.165, 1.54) is 18.2 Å². The van der Waals surface area contributed by atoms with Crippen LogP contribution >= 0.6 is 0 Å². The Morgan fingerprint density at radius 2 is 1.71 bits per heavy atom. The first-order chi connectivity index (χ1) is 16.5. The average Bonchev–Trinajstić information content (AvgIpc) is 2.88. The minimum absolute atomic E-state index is 0.0627. The van der Waals surface area contributed by atoms with Crippen molar-refractivity contribution < 1.29 is 18.8 Å². The fourth-order valence-corrected chi connectivity index (χ4v) is 4.06. The molecule has 1 aliphatic heterocycles. The molecule has 0 unspecified atom stereocenters. The Morgan fingerprint density at radius 3 is 2.50 bits per heavy atom. The van der Waals surface area contributed by atoms with Crippen LogP contribution in [0, 0.1) is 11.7 Å². The number of amides is 3. The average molecular weight is 460 g/mol. The molecule has 3 amide bonds. The second-order valence-corrected chi connectivity index (χ2v) is 8.31. The van der Waals surface area contributed by atoms with Crippen molar-refractivity contribution in [2.45, 2.75) is 19.4 Å². The number of halogens is 1. The Balaban J connectivity index is 1.38. The molecule has 3 aromatic rings. The lowest BCUT2D eigenvalue weighted by Gasteiger charge is -2.32. The number of likely N-dealkylation sites (tertiary alicyclic amines) is 1. The summed E-state index contributed by atoms with van der Waals surface area (Å²) >= 11 is 0. The number of nitrogens with zero attached hydrogens (tertiary/aromatic N) is 1. The standard InChI is InChI=1S/C27H26FN3O3/c28-24-14-5-4-13-23(24)26(33)30-22-12-6-10-20(16-22)27(34)31-15-7-11-21(18-31)25(32)29-17-19-8-2-1-3-9-19/h1-6,8-10,12-14,16,21H,7,11,15,17-18H2,(H,29,32)(H,30,33)/t21-/m1/s1. The SMILES string of the molecule is O=C(Nc1cccc(C(=O)N2CCC[C@@H](C(=O)NCc3ccccc3)C2)c1)c1ccccc1F. The van der Waals surface area contributed by atoms with Crippen molar-refractivity contribution >= 4 is 23.4 Å². The molecule has 1 fully saturated rings. The second-order valence-electron chi connectivity index (χ2n) is 8.31. The number of anilines is 1. The largest absolute Gasteiger partial charge is 0.352 e. The first-order valence-electron chi connectivity index (χ1n) is 11.3. The summed E-state index contributed by atoms with van der Waals surface area (Å²) in [5.74, 6) is -1.74. The fraction of sp³-hybridized carbons (Fsp3) is 0.222. The van der Waals surface area contributed by atoms with E-state index < -0.39 is 11.7 Å². The van der Waals surface area contributed by atoms with Gasteiger partial charge in [0.25, 0.3) is 11.8 Å². The smallest absolute Gasteiger partial charge is 0.258 e. The van der Waals surface area contributed by atoms with Crippen molar-refractivity contribution in [2.75, 3.05) is 18.4 Å². The molecule has 3 aromatic carbocycles. The first kappa shape index (κ1) is 23.2. The molecule has 0 aliphatic carbocycles. The highest BCUT2D eigenvalue weighted by atomic mass is 19.1.